The van der Waals surface area contributed by atoms with Crippen LogP contribution in [0.1, 0.15) is 37.8 Å². The maximum absolute atomic E-state index is 12.4. The summed E-state index contributed by atoms with van der Waals surface area (Å²) in [6, 6.07) is 1.30. The van der Waals surface area contributed by atoms with E-state index in [1.807, 2.05) is 0 Å². The van der Waals surface area contributed by atoms with Crippen molar-refractivity contribution < 1.29 is 14.3 Å². The lowest BCUT2D eigenvalue weighted by atomic mass is 9.67. The van der Waals surface area contributed by atoms with Gasteiger partial charge in [-0.2, -0.15) is 0 Å². The lowest BCUT2D eigenvalue weighted by Gasteiger charge is -2.36. The Labute approximate surface area is 139 Å². The number of hydrogen-bond donors (Lipinski definition) is 0. The quantitative estimate of drug-likeness (QED) is 0.752. The third-order valence-corrected chi connectivity index (χ3v) is 5.37. The fourth-order valence-electron chi connectivity index (χ4n) is 3.85. The Balaban J connectivity index is 1.67. The number of hydrogen-bond acceptors (Lipinski definition) is 5. The minimum Gasteiger partial charge on any atom is -0.459 e. The number of ketones is 1. The van der Waals surface area contributed by atoms with Crippen LogP contribution in [0.4, 0.5) is 0 Å². The molecule has 2 atom stereocenters. The SMILES string of the molecule is Cn1c(COC(=O)C2CC3CCCC(C2)C3=O)cc(=O)n(C)c1=O. The summed E-state index contributed by atoms with van der Waals surface area (Å²) in [5.41, 5.74) is -0.517. The number of ether oxygens (including phenoxy) is 1. The van der Waals surface area contributed by atoms with Crippen LogP contribution < -0.4 is 11.2 Å². The Morgan fingerprint density at radius 2 is 1.75 bits per heavy atom. The smallest absolute Gasteiger partial charge is 0.330 e. The maximum atomic E-state index is 12.4. The van der Waals surface area contributed by atoms with Crippen LogP contribution >= 0.6 is 0 Å². The second kappa shape index (κ2) is 6.37. The Kier molecular flexibility index (Phi) is 4.43. The van der Waals surface area contributed by atoms with Gasteiger partial charge in [0.25, 0.3) is 5.56 Å². The molecule has 1 aromatic heterocycles. The number of rotatable bonds is 3. The Hall–Kier alpha value is -2.18. The molecular formula is C17H22N2O5. The van der Waals surface area contributed by atoms with Gasteiger partial charge >= 0.3 is 11.7 Å². The minimum atomic E-state index is -0.452. The monoisotopic (exact) mass is 334 g/mol. The molecule has 0 spiro atoms. The highest BCUT2D eigenvalue weighted by molar-refractivity contribution is 5.87. The number of fused-ring (bicyclic) bond motifs is 2. The number of Topliss-reactive ketones (excluding diaryl/α,β-unsaturated/α-hetero) is 1. The molecule has 0 radical (unpaired) electrons. The van der Waals surface area contributed by atoms with Crippen LogP contribution in [0.2, 0.25) is 0 Å². The van der Waals surface area contributed by atoms with Crippen molar-refractivity contribution in [3.8, 4) is 0 Å². The highest BCUT2D eigenvalue weighted by atomic mass is 16.5. The molecule has 7 nitrogen and oxygen atoms in total. The average Bonchev–Trinajstić information content (AvgIpc) is 2.54. The molecule has 2 bridgehead atoms. The Morgan fingerprint density at radius 1 is 1.12 bits per heavy atom. The molecule has 0 N–H and O–H groups in total. The summed E-state index contributed by atoms with van der Waals surface area (Å²) in [7, 11) is 2.94. The third kappa shape index (κ3) is 2.95. The van der Waals surface area contributed by atoms with E-state index in [1.54, 1.807) is 0 Å². The standard InChI is InChI=1S/C17H22N2O5/c1-18-13(8-14(20)19(2)17(18)23)9-24-16(22)12-6-10-4-3-5-11(7-12)15(10)21/h8,10-12H,3-7,9H2,1-2H3. The van der Waals surface area contributed by atoms with Gasteiger partial charge < -0.3 is 4.74 Å². The van der Waals surface area contributed by atoms with Crippen molar-refractivity contribution in [2.45, 2.75) is 38.7 Å². The topological polar surface area (TPSA) is 87.4 Å². The first-order valence-corrected chi connectivity index (χ1v) is 8.34. The van der Waals surface area contributed by atoms with Crippen LogP contribution in [0, 0.1) is 17.8 Å². The summed E-state index contributed by atoms with van der Waals surface area (Å²) < 4.78 is 7.64. The van der Waals surface area contributed by atoms with Gasteiger partial charge in [0.1, 0.15) is 12.4 Å². The normalized spacial score (nSPS) is 26.2. The molecule has 1 heterocycles. The Bertz CT molecular complexity index is 775. The number of aromatic nitrogens is 2. The molecule has 130 valence electrons. The van der Waals surface area contributed by atoms with E-state index in [4.69, 9.17) is 4.74 Å². The highest BCUT2D eigenvalue weighted by Gasteiger charge is 2.41. The highest BCUT2D eigenvalue weighted by Crippen LogP contribution is 2.40. The fourth-order valence-corrected chi connectivity index (χ4v) is 3.85. The maximum Gasteiger partial charge on any atom is 0.330 e. The first kappa shape index (κ1) is 16.7. The van der Waals surface area contributed by atoms with Crippen molar-refractivity contribution in [2.24, 2.45) is 31.8 Å². The van der Waals surface area contributed by atoms with E-state index in [1.165, 1.54) is 24.7 Å². The Morgan fingerprint density at radius 3 is 2.38 bits per heavy atom. The van der Waals surface area contributed by atoms with Gasteiger partial charge in [-0.1, -0.05) is 6.42 Å². The molecule has 1 aromatic rings. The largest absolute Gasteiger partial charge is 0.459 e. The zero-order chi connectivity index (χ0) is 17.4. The molecule has 0 aromatic carbocycles. The molecule has 2 fully saturated rings. The van der Waals surface area contributed by atoms with Gasteiger partial charge in [-0.15, -0.1) is 0 Å². The lowest BCUT2D eigenvalue weighted by molar-refractivity contribution is -0.154. The van der Waals surface area contributed by atoms with E-state index in [0.29, 0.717) is 24.3 Å². The van der Waals surface area contributed by atoms with Crippen molar-refractivity contribution in [3.63, 3.8) is 0 Å². The summed E-state index contributed by atoms with van der Waals surface area (Å²) in [6.45, 7) is -0.111. The molecule has 2 unspecified atom stereocenters. The van der Waals surface area contributed by atoms with Crippen LogP contribution in [0.15, 0.2) is 15.7 Å². The van der Waals surface area contributed by atoms with Crippen molar-refractivity contribution in [3.05, 3.63) is 32.6 Å². The molecule has 2 aliphatic carbocycles. The van der Waals surface area contributed by atoms with Crippen molar-refractivity contribution >= 4 is 11.8 Å². The summed E-state index contributed by atoms with van der Waals surface area (Å²) in [5.74, 6) is -0.319. The van der Waals surface area contributed by atoms with Gasteiger partial charge in [-0.3, -0.25) is 23.5 Å². The second-order valence-electron chi connectivity index (χ2n) is 6.88. The average molecular weight is 334 g/mol. The first-order valence-electron chi connectivity index (χ1n) is 8.34. The van der Waals surface area contributed by atoms with Gasteiger partial charge in [0, 0.05) is 32.0 Å². The van der Waals surface area contributed by atoms with Gasteiger partial charge in [0.2, 0.25) is 0 Å². The predicted molar refractivity (Wildman–Crippen MR) is 85.3 cm³/mol. The number of carbonyl (C=O) groups excluding carboxylic acids is 2. The van der Waals surface area contributed by atoms with Crippen LogP contribution in [-0.2, 0) is 35.0 Å². The first-order chi connectivity index (χ1) is 11.4. The van der Waals surface area contributed by atoms with Crippen molar-refractivity contribution in [1.82, 2.24) is 9.13 Å². The van der Waals surface area contributed by atoms with Crippen LogP contribution in [0.3, 0.4) is 0 Å². The molecular weight excluding hydrogens is 312 g/mol. The van der Waals surface area contributed by atoms with E-state index in [-0.39, 0.29) is 30.3 Å². The van der Waals surface area contributed by atoms with E-state index < -0.39 is 11.2 Å². The van der Waals surface area contributed by atoms with Crippen molar-refractivity contribution in [1.29, 1.82) is 0 Å². The summed E-state index contributed by atoms with van der Waals surface area (Å²) >= 11 is 0. The zero-order valence-corrected chi connectivity index (χ0v) is 14.0. The molecule has 7 heteroatoms. The summed E-state index contributed by atoms with van der Waals surface area (Å²) in [6.07, 6.45) is 3.90. The van der Waals surface area contributed by atoms with E-state index in [9.17, 15) is 19.2 Å². The molecule has 2 aliphatic rings. The molecule has 2 saturated carbocycles. The third-order valence-electron chi connectivity index (χ3n) is 5.37. The van der Waals surface area contributed by atoms with E-state index in [0.717, 1.165) is 23.8 Å². The molecule has 0 aliphatic heterocycles. The van der Waals surface area contributed by atoms with E-state index in [2.05, 4.69) is 0 Å². The molecule has 0 saturated heterocycles. The van der Waals surface area contributed by atoms with Crippen LogP contribution in [0.5, 0.6) is 0 Å². The second-order valence-corrected chi connectivity index (χ2v) is 6.88. The van der Waals surface area contributed by atoms with E-state index >= 15 is 0 Å². The summed E-state index contributed by atoms with van der Waals surface area (Å²) in [5, 5.41) is 0. The number of carbonyl (C=O) groups is 2. The van der Waals surface area contributed by atoms with Crippen molar-refractivity contribution in [2.75, 3.05) is 0 Å². The fraction of sp³-hybridized carbons (Fsp3) is 0.647. The summed E-state index contributed by atoms with van der Waals surface area (Å²) in [4.78, 5) is 48.0. The van der Waals surface area contributed by atoms with Crippen LogP contribution in [-0.4, -0.2) is 20.9 Å². The lowest BCUT2D eigenvalue weighted by Crippen LogP contribution is -2.40. The molecule has 3 rings (SSSR count). The number of nitrogens with zero attached hydrogens (tertiary/aromatic N) is 2. The zero-order valence-electron chi connectivity index (χ0n) is 14.0. The van der Waals surface area contributed by atoms with Gasteiger partial charge in [0.05, 0.1) is 11.6 Å². The number of esters is 1. The minimum absolute atomic E-state index is 0.0107. The van der Waals surface area contributed by atoms with Crippen LogP contribution in [0.25, 0.3) is 0 Å². The van der Waals surface area contributed by atoms with Gasteiger partial charge in [0.15, 0.2) is 0 Å². The molecule has 0 amide bonds. The van der Waals surface area contributed by atoms with Gasteiger partial charge in [-0.25, -0.2) is 4.79 Å². The predicted octanol–water partition coefficient (Wildman–Crippen LogP) is 0.523. The van der Waals surface area contributed by atoms with Gasteiger partial charge in [-0.05, 0) is 25.7 Å². The molecule has 24 heavy (non-hydrogen) atoms.